The predicted octanol–water partition coefficient (Wildman–Crippen LogP) is 0.496. The van der Waals surface area contributed by atoms with Crippen LogP contribution in [0.15, 0.2) is 6.07 Å². The van der Waals surface area contributed by atoms with Crippen LogP contribution in [0, 0.1) is 13.8 Å². The molecule has 1 aromatic rings. The van der Waals surface area contributed by atoms with Crippen molar-refractivity contribution >= 4 is 5.91 Å². The van der Waals surface area contributed by atoms with Gasteiger partial charge in [0.05, 0.1) is 31.5 Å². The van der Waals surface area contributed by atoms with E-state index in [4.69, 9.17) is 9.47 Å². The third-order valence-corrected chi connectivity index (χ3v) is 4.66. The number of nitrogens with one attached hydrogen (secondary N) is 1. The molecule has 1 aromatic heterocycles. The highest BCUT2D eigenvalue weighted by Crippen LogP contribution is 2.11. The van der Waals surface area contributed by atoms with Gasteiger partial charge in [-0.05, 0) is 32.8 Å². The van der Waals surface area contributed by atoms with Crippen molar-refractivity contribution < 1.29 is 14.3 Å². The van der Waals surface area contributed by atoms with Gasteiger partial charge in [0.1, 0.15) is 0 Å². The Morgan fingerprint density at radius 3 is 2.83 bits per heavy atom. The number of carbonyl (C=O) groups excluding carboxylic acids is 1. The summed E-state index contributed by atoms with van der Waals surface area (Å²) in [5.41, 5.74) is 2.17. The minimum atomic E-state index is 0.0765. The zero-order chi connectivity index (χ0) is 16.9. The molecule has 134 valence electrons. The van der Waals surface area contributed by atoms with Crippen molar-refractivity contribution in [2.75, 3.05) is 39.5 Å². The van der Waals surface area contributed by atoms with Gasteiger partial charge in [0.15, 0.2) is 0 Å². The Morgan fingerprint density at radius 1 is 1.33 bits per heavy atom. The summed E-state index contributed by atoms with van der Waals surface area (Å²) in [6.07, 6.45) is 1.90. The van der Waals surface area contributed by atoms with Crippen LogP contribution in [0.1, 0.15) is 24.2 Å². The van der Waals surface area contributed by atoms with Crippen LogP contribution in [0.5, 0.6) is 0 Å². The van der Waals surface area contributed by atoms with Crippen LogP contribution in [0.4, 0.5) is 0 Å². The fraction of sp³-hybridized carbons (Fsp3) is 0.765. The van der Waals surface area contributed by atoms with Crippen LogP contribution in [-0.2, 0) is 20.8 Å². The molecule has 0 spiro atoms. The molecule has 0 saturated carbocycles. The molecule has 1 N–H and O–H groups in total. The Morgan fingerprint density at radius 2 is 2.12 bits per heavy atom. The maximum Gasteiger partial charge on any atom is 0.234 e. The highest BCUT2D eigenvalue weighted by molar-refractivity contribution is 5.78. The van der Waals surface area contributed by atoms with E-state index in [1.165, 1.54) is 0 Å². The van der Waals surface area contributed by atoms with E-state index in [0.717, 1.165) is 57.1 Å². The number of ether oxygens (including phenoxy) is 2. The summed E-state index contributed by atoms with van der Waals surface area (Å²) in [5.74, 6) is 0.105. The molecule has 3 rings (SSSR count). The lowest BCUT2D eigenvalue weighted by Gasteiger charge is -2.33. The number of amides is 1. The monoisotopic (exact) mass is 336 g/mol. The Balaban J connectivity index is 1.46. The van der Waals surface area contributed by atoms with Crippen molar-refractivity contribution in [2.45, 2.75) is 45.4 Å². The van der Waals surface area contributed by atoms with E-state index in [9.17, 15) is 4.79 Å². The number of aromatic nitrogens is 2. The normalized spacial score (nSPS) is 23.3. The molecular formula is C17H28N4O3. The fourth-order valence-electron chi connectivity index (χ4n) is 3.41. The SMILES string of the molecule is Cc1cc(C)n(C[C@H]2CN(CC(=O)NC3CCOCC3)CCO2)n1. The Bertz CT molecular complexity index is 554. The van der Waals surface area contributed by atoms with Crippen LogP contribution >= 0.6 is 0 Å². The minimum Gasteiger partial charge on any atom is -0.381 e. The lowest BCUT2D eigenvalue weighted by atomic mass is 10.1. The zero-order valence-electron chi connectivity index (χ0n) is 14.7. The summed E-state index contributed by atoms with van der Waals surface area (Å²) in [6.45, 7) is 8.94. The van der Waals surface area contributed by atoms with Crippen molar-refractivity contribution in [1.82, 2.24) is 20.0 Å². The first-order chi connectivity index (χ1) is 11.6. The Kier molecular flexibility index (Phi) is 5.86. The second-order valence-electron chi connectivity index (χ2n) is 6.79. The molecule has 2 aliphatic heterocycles. The van der Waals surface area contributed by atoms with Gasteiger partial charge in [-0.15, -0.1) is 0 Å². The maximum absolute atomic E-state index is 12.2. The van der Waals surface area contributed by atoms with Crippen molar-refractivity contribution in [3.8, 4) is 0 Å². The van der Waals surface area contributed by atoms with Gasteiger partial charge < -0.3 is 14.8 Å². The molecule has 7 heteroatoms. The lowest BCUT2D eigenvalue weighted by Crippen LogP contribution is -2.50. The second-order valence-corrected chi connectivity index (χ2v) is 6.79. The molecule has 2 fully saturated rings. The first-order valence-corrected chi connectivity index (χ1v) is 8.82. The van der Waals surface area contributed by atoms with E-state index in [2.05, 4.69) is 28.3 Å². The maximum atomic E-state index is 12.2. The standard InChI is InChI=1S/C17H28N4O3/c1-13-9-14(2)21(19-13)11-16-10-20(5-8-24-16)12-17(22)18-15-3-6-23-7-4-15/h9,15-16H,3-8,10-12H2,1-2H3,(H,18,22)/t16-/m1/s1. The number of rotatable bonds is 5. The molecule has 0 aliphatic carbocycles. The number of hydrogen-bond acceptors (Lipinski definition) is 5. The Hall–Kier alpha value is -1.44. The fourth-order valence-corrected chi connectivity index (χ4v) is 3.41. The number of morpholine rings is 1. The van der Waals surface area contributed by atoms with Gasteiger partial charge >= 0.3 is 0 Å². The molecule has 0 unspecified atom stereocenters. The topological polar surface area (TPSA) is 68.6 Å². The average Bonchev–Trinajstić information content (AvgIpc) is 2.86. The molecule has 2 aliphatic rings. The van der Waals surface area contributed by atoms with E-state index in [1.807, 2.05) is 11.6 Å². The predicted molar refractivity (Wildman–Crippen MR) is 89.9 cm³/mol. The summed E-state index contributed by atoms with van der Waals surface area (Å²) in [7, 11) is 0. The highest BCUT2D eigenvalue weighted by Gasteiger charge is 2.24. The molecule has 0 aromatic carbocycles. The first-order valence-electron chi connectivity index (χ1n) is 8.82. The summed E-state index contributed by atoms with van der Waals surface area (Å²) >= 11 is 0. The van der Waals surface area contributed by atoms with Crippen molar-refractivity contribution in [1.29, 1.82) is 0 Å². The second kappa shape index (κ2) is 8.09. The molecule has 1 amide bonds. The summed E-state index contributed by atoms with van der Waals surface area (Å²) in [4.78, 5) is 14.4. The molecule has 24 heavy (non-hydrogen) atoms. The smallest absolute Gasteiger partial charge is 0.234 e. The molecular weight excluding hydrogens is 308 g/mol. The zero-order valence-corrected chi connectivity index (χ0v) is 14.7. The van der Waals surface area contributed by atoms with E-state index >= 15 is 0 Å². The summed E-state index contributed by atoms with van der Waals surface area (Å²) in [5, 5.41) is 7.62. The molecule has 7 nitrogen and oxygen atoms in total. The van der Waals surface area contributed by atoms with Gasteiger partial charge in [-0.3, -0.25) is 14.4 Å². The van der Waals surface area contributed by atoms with E-state index in [1.54, 1.807) is 0 Å². The van der Waals surface area contributed by atoms with Gasteiger partial charge in [0, 0.05) is 38.0 Å². The quantitative estimate of drug-likeness (QED) is 0.848. The molecule has 0 radical (unpaired) electrons. The van der Waals surface area contributed by atoms with Crippen LogP contribution in [0.2, 0.25) is 0 Å². The van der Waals surface area contributed by atoms with Gasteiger partial charge in [0.2, 0.25) is 5.91 Å². The number of hydrogen-bond donors (Lipinski definition) is 1. The third kappa shape index (κ3) is 4.78. The van der Waals surface area contributed by atoms with Crippen LogP contribution < -0.4 is 5.32 Å². The summed E-state index contributed by atoms with van der Waals surface area (Å²) in [6, 6.07) is 2.33. The Labute approximate surface area is 143 Å². The van der Waals surface area contributed by atoms with Gasteiger partial charge in [-0.25, -0.2) is 0 Å². The average molecular weight is 336 g/mol. The third-order valence-electron chi connectivity index (χ3n) is 4.66. The van der Waals surface area contributed by atoms with E-state index < -0.39 is 0 Å². The molecule has 3 heterocycles. The molecule has 0 bridgehead atoms. The molecule has 1 atom stereocenters. The van der Waals surface area contributed by atoms with Gasteiger partial charge in [-0.1, -0.05) is 0 Å². The van der Waals surface area contributed by atoms with Crippen molar-refractivity contribution in [3.63, 3.8) is 0 Å². The van der Waals surface area contributed by atoms with Crippen molar-refractivity contribution in [2.24, 2.45) is 0 Å². The van der Waals surface area contributed by atoms with E-state index in [0.29, 0.717) is 13.2 Å². The molecule has 2 saturated heterocycles. The van der Waals surface area contributed by atoms with Crippen LogP contribution in [-0.4, -0.2) is 72.2 Å². The highest BCUT2D eigenvalue weighted by atomic mass is 16.5. The number of nitrogens with zero attached hydrogens (tertiary/aromatic N) is 3. The largest absolute Gasteiger partial charge is 0.381 e. The van der Waals surface area contributed by atoms with E-state index in [-0.39, 0.29) is 18.1 Å². The number of carbonyl (C=O) groups is 1. The van der Waals surface area contributed by atoms with Gasteiger partial charge in [0.25, 0.3) is 0 Å². The van der Waals surface area contributed by atoms with Crippen LogP contribution in [0.3, 0.4) is 0 Å². The van der Waals surface area contributed by atoms with Crippen molar-refractivity contribution in [3.05, 3.63) is 17.5 Å². The van der Waals surface area contributed by atoms with Crippen LogP contribution in [0.25, 0.3) is 0 Å². The minimum absolute atomic E-state index is 0.0765. The lowest BCUT2D eigenvalue weighted by molar-refractivity contribution is -0.125. The van der Waals surface area contributed by atoms with Gasteiger partial charge in [-0.2, -0.15) is 5.10 Å². The summed E-state index contributed by atoms with van der Waals surface area (Å²) < 4.78 is 13.2. The number of aryl methyl sites for hydroxylation is 2. The first kappa shape index (κ1) is 17.4.